The molecule has 0 N–H and O–H groups in total. The Hall–Kier alpha value is -1.51. The topological polar surface area (TPSA) is 0 Å². The number of hydrogen-bond acceptors (Lipinski definition) is 0. The van der Waals surface area contributed by atoms with Gasteiger partial charge in [-0.05, 0) is 69.9 Å². The molecule has 0 radical (unpaired) electrons. The van der Waals surface area contributed by atoms with Gasteiger partial charge in [0.15, 0.2) is 0 Å². The van der Waals surface area contributed by atoms with Gasteiger partial charge in [0.2, 0.25) is 0 Å². The van der Waals surface area contributed by atoms with Gasteiger partial charge >= 0.3 is 6.18 Å². The quantitative estimate of drug-likeness (QED) is 0.200. The summed E-state index contributed by atoms with van der Waals surface area (Å²) in [7, 11) is 0. The van der Waals surface area contributed by atoms with Crippen molar-refractivity contribution >= 4 is 0 Å². The van der Waals surface area contributed by atoms with E-state index in [-0.39, 0.29) is 0 Å². The van der Waals surface area contributed by atoms with Crippen molar-refractivity contribution < 1.29 is 13.2 Å². The number of rotatable bonds is 14. The fraction of sp³-hybridized carbons (Fsp3) is 0.643. The number of aryl methyl sites for hydroxylation is 1. The molecule has 0 aromatic heterocycles. The molecule has 0 spiro atoms. The predicted octanol–water partition coefficient (Wildman–Crippen LogP) is 10.3. The first kappa shape index (κ1) is 29.5. The van der Waals surface area contributed by atoms with Gasteiger partial charge in [0, 0.05) is 0 Å². The average molecular weight is 439 g/mol. The molecule has 0 amide bonds. The van der Waals surface area contributed by atoms with Crippen LogP contribution < -0.4 is 0 Å². The molecule has 0 aliphatic carbocycles. The van der Waals surface area contributed by atoms with E-state index in [0.717, 1.165) is 50.2 Å². The molecule has 0 saturated heterocycles. The van der Waals surface area contributed by atoms with Crippen molar-refractivity contribution in [2.75, 3.05) is 0 Å². The Labute approximate surface area is 190 Å². The van der Waals surface area contributed by atoms with Crippen LogP contribution in [0.25, 0.3) is 0 Å². The third kappa shape index (κ3) is 17.8. The number of allylic oxidation sites excluding steroid dienone is 2. The van der Waals surface area contributed by atoms with Gasteiger partial charge in [0.05, 0.1) is 5.56 Å². The number of alkyl halides is 3. The molecule has 0 saturated carbocycles. The van der Waals surface area contributed by atoms with Gasteiger partial charge in [0.25, 0.3) is 0 Å². The van der Waals surface area contributed by atoms with Crippen LogP contribution >= 0.6 is 0 Å². The van der Waals surface area contributed by atoms with Gasteiger partial charge in [0.1, 0.15) is 0 Å². The lowest BCUT2D eigenvalue weighted by atomic mass is 9.95. The number of benzene rings is 1. The number of halogens is 3. The summed E-state index contributed by atoms with van der Waals surface area (Å²) in [5, 5.41) is 0. The Morgan fingerprint density at radius 1 is 0.871 bits per heavy atom. The van der Waals surface area contributed by atoms with Crippen LogP contribution in [0.3, 0.4) is 0 Å². The van der Waals surface area contributed by atoms with E-state index in [9.17, 15) is 13.2 Å². The summed E-state index contributed by atoms with van der Waals surface area (Å²) in [4.78, 5) is 0. The summed E-state index contributed by atoms with van der Waals surface area (Å²) in [6, 6.07) is 5.67. The fourth-order valence-corrected chi connectivity index (χ4v) is 3.39. The molecule has 3 heteroatoms. The van der Waals surface area contributed by atoms with Crippen molar-refractivity contribution in [2.45, 2.75) is 111 Å². The largest absolute Gasteiger partial charge is 0.416 e. The molecule has 0 nitrogen and oxygen atoms in total. The predicted molar refractivity (Wildman–Crippen MR) is 130 cm³/mol. The van der Waals surface area contributed by atoms with E-state index in [1.807, 2.05) is 6.92 Å². The van der Waals surface area contributed by atoms with E-state index < -0.39 is 11.7 Å². The summed E-state index contributed by atoms with van der Waals surface area (Å²) in [6.45, 7) is 16.4. The lowest BCUT2D eigenvalue weighted by molar-refractivity contribution is -0.137. The van der Waals surface area contributed by atoms with Gasteiger partial charge < -0.3 is 0 Å². The molecule has 1 atom stereocenters. The van der Waals surface area contributed by atoms with Gasteiger partial charge in [-0.3, -0.25) is 0 Å². The van der Waals surface area contributed by atoms with Crippen molar-refractivity contribution in [2.24, 2.45) is 5.92 Å². The van der Waals surface area contributed by atoms with E-state index in [4.69, 9.17) is 0 Å². The van der Waals surface area contributed by atoms with Crippen LogP contribution in [0.4, 0.5) is 13.2 Å². The highest BCUT2D eigenvalue weighted by atomic mass is 19.4. The van der Waals surface area contributed by atoms with Crippen LogP contribution in [0.2, 0.25) is 0 Å². The summed E-state index contributed by atoms with van der Waals surface area (Å²) < 4.78 is 37.8. The van der Waals surface area contributed by atoms with Crippen LogP contribution in [0, 0.1) is 5.92 Å². The molecule has 31 heavy (non-hydrogen) atoms. The Kier molecular flexibility index (Phi) is 16.3. The molecule has 1 aromatic rings. The van der Waals surface area contributed by atoms with Crippen molar-refractivity contribution in [3.63, 3.8) is 0 Å². The number of hydrogen-bond donors (Lipinski definition) is 0. The first-order chi connectivity index (χ1) is 14.6. The lowest BCUT2D eigenvalue weighted by Crippen LogP contribution is -2.05. The minimum absolute atomic E-state index is 0.546. The maximum atomic E-state index is 12.6. The van der Waals surface area contributed by atoms with E-state index in [1.54, 1.807) is 6.07 Å². The second-order valence-corrected chi connectivity index (χ2v) is 9.17. The Bertz CT molecular complexity index is 613. The Morgan fingerprint density at radius 2 is 1.52 bits per heavy atom. The molecule has 1 aromatic carbocycles. The van der Waals surface area contributed by atoms with Crippen LogP contribution in [0.5, 0.6) is 0 Å². The molecular weight excluding hydrogens is 393 g/mol. The molecule has 1 rings (SSSR count). The standard InChI is InChI=1S/C18H25F3.C10H20/c1-14(2)11-12-15(3)7-4-5-8-16-9-6-10-17(13-16)18(19,20)21;1-4-5-6-7-8-9-10(2)3/h6,9-10,13,15H,1,4-5,7-8,11-12H2,2-3H3;2,4-9H2,1,3H3. The summed E-state index contributed by atoms with van der Waals surface area (Å²) in [5.41, 5.74) is 2.77. The fourth-order valence-electron chi connectivity index (χ4n) is 3.39. The third-order valence-corrected chi connectivity index (χ3v) is 5.44. The SMILES string of the molecule is C=C(C)CCC(C)CCCCc1cccc(C(F)(F)F)c1.C=C(C)CCCCCCC. The summed E-state index contributed by atoms with van der Waals surface area (Å²) >= 11 is 0. The van der Waals surface area contributed by atoms with E-state index in [2.05, 4.69) is 33.9 Å². The first-order valence-electron chi connectivity index (χ1n) is 12.0. The van der Waals surface area contributed by atoms with Crippen LogP contribution in [0.1, 0.15) is 109 Å². The van der Waals surface area contributed by atoms with E-state index >= 15 is 0 Å². The van der Waals surface area contributed by atoms with E-state index in [0.29, 0.717) is 5.92 Å². The Morgan fingerprint density at radius 3 is 2.10 bits per heavy atom. The minimum atomic E-state index is -4.24. The minimum Gasteiger partial charge on any atom is -0.166 e. The smallest absolute Gasteiger partial charge is 0.166 e. The molecule has 0 bridgehead atoms. The molecule has 1 unspecified atom stereocenters. The van der Waals surface area contributed by atoms with Crippen LogP contribution in [0.15, 0.2) is 48.6 Å². The van der Waals surface area contributed by atoms with Crippen LogP contribution in [-0.4, -0.2) is 0 Å². The van der Waals surface area contributed by atoms with Gasteiger partial charge in [-0.2, -0.15) is 13.2 Å². The zero-order valence-electron chi connectivity index (χ0n) is 20.4. The van der Waals surface area contributed by atoms with Crippen molar-refractivity contribution in [3.8, 4) is 0 Å². The second-order valence-electron chi connectivity index (χ2n) is 9.17. The molecule has 0 aliphatic heterocycles. The molecule has 0 heterocycles. The average Bonchev–Trinajstić information content (AvgIpc) is 2.69. The monoisotopic (exact) mass is 438 g/mol. The van der Waals surface area contributed by atoms with Crippen LogP contribution in [-0.2, 0) is 12.6 Å². The molecule has 178 valence electrons. The molecule has 0 fully saturated rings. The zero-order chi connectivity index (χ0) is 23.7. The lowest BCUT2D eigenvalue weighted by Gasteiger charge is -2.11. The highest BCUT2D eigenvalue weighted by molar-refractivity contribution is 5.25. The first-order valence-corrected chi connectivity index (χ1v) is 12.0. The summed E-state index contributed by atoms with van der Waals surface area (Å²) in [6.07, 6.45) is 9.93. The zero-order valence-corrected chi connectivity index (χ0v) is 20.4. The van der Waals surface area contributed by atoms with Gasteiger partial charge in [-0.25, -0.2) is 0 Å². The summed E-state index contributed by atoms with van der Waals surface area (Å²) in [5.74, 6) is 0.656. The van der Waals surface area contributed by atoms with Crippen molar-refractivity contribution in [1.82, 2.24) is 0 Å². The maximum Gasteiger partial charge on any atom is 0.416 e. The van der Waals surface area contributed by atoms with Crippen molar-refractivity contribution in [3.05, 3.63) is 59.7 Å². The van der Waals surface area contributed by atoms with Crippen molar-refractivity contribution in [1.29, 1.82) is 0 Å². The third-order valence-electron chi connectivity index (χ3n) is 5.44. The number of unbranched alkanes of at least 4 members (excludes halogenated alkanes) is 5. The highest BCUT2D eigenvalue weighted by Gasteiger charge is 2.30. The normalized spacial score (nSPS) is 12.1. The van der Waals surface area contributed by atoms with E-state index in [1.165, 1.54) is 61.8 Å². The molecule has 0 aliphatic rings. The second kappa shape index (κ2) is 17.1. The van der Waals surface area contributed by atoms with Gasteiger partial charge in [-0.15, -0.1) is 13.2 Å². The van der Waals surface area contributed by atoms with Gasteiger partial charge in [-0.1, -0.05) is 81.7 Å². The maximum absolute atomic E-state index is 12.6. The molecular formula is C28H45F3. The Balaban J connectivity index is 0.000000759. The highest BCUT2D eigenvalue weighted by Crippen LogP contribution is 2.30.